The van der Waals surface area contributed by atoms with Gasteiger partial charge in [0, 0.05) is 5.56 Å². The lowest BCUT2D eigenvalue weighted by Gasteiger charge is -2.15. The Balaban J connectivity index is 3.22. The van der Waals surface area contributed by atoms with E-state index < -0.39 is 12.7 Å². The van der Waals surface area contributed by atoms with Gasteiger partial charge in [0.25, 0.3) is 0 Å². The zero-order chi connectivity index (χ0) is 14.4. The molecular formula is C13H15F2NO3. The van der Waals surface area contributed by atoms with Gasteiger partial charge in [-0.1, -0.05) is 18.2 Å². The van der Waals surface area contributed by atoms with Gasteiger partial charge in [-0.2, -0.15) is 8.78 Å². The van der Waals surface area contributed by atoms with Crippen LogP contribution in [0.1, 0.15) is 18.1 Å². The fourth-order valence-electron chi connectivity index (χ4n) is 1.57. The lowest BCUT2D eigenvalue weighted by molar-refractivity contribution is -0.0498. The van der Waals surface area contributed by atoms with Crippen molar-refractivity contribution in [1.82, 2.24) is 0 Å². The van der Waals surface area contributed by atoms with E-state index in [2.05, 4.69) is 14.8 Å². The van der Waals surface area contributed by atoms with Crippen molar-refractivity contribution in [2.75, 3.05) is 12.4 Å². The first-order chi connectivity index (χ1) is 8.99. The first-order valence-electron chi connectivity index (χ1n) is 5.55. The highest BCUT2D eigenvalue weighted by atomic mass is 19.3. The second kappa shape index (κ2) is 6.72. The van der Waals surface area contributed by atoms with Crippen LogP contribution in [0.5, 0.6) is 5.75 Å². The van der Waals surface area contributed by atoms with Gasteiger partial charge in [-0.15, -0.1) is 0 Å². The molecule has 4 nitrogen and oxygen atoms in total. The molecule has 0 aliphatic heterocycles. The summed E-state index contributed by atoms with van der Waals surface area (Å²) in [4.78, 5) is 11.2. The van der Waals surface area contributed by atoms with E-state index in [0.717, 1.165) is 5.56 Å². The molecule has 104 valence electrons. The van der Waals surface area contributed by atoms with Crippen LogP contribution >= 0.6 is 0 Å². The number of anilines is 1. The Labute approximate surface area is 110 Å². The molecule has 0 radical (unpaired) electrons. The Morgan fingerprint density at radius 1 is 1.42 bits per heavy atom. The standard InChI is InChI=1S/C13H15F2NO3/c1-4-5-9-6-7-10(16-13(17)18-3)11(8(9)2)19-12(14)15/h4-7,12H,1-3H3,(H,16,17)/b5-4-. The maximum atomic E-state index is 12.4. The van der Waals surface area contributed by atoms with Gasteiger partial charge in [0.1, 0.15) is 0 Å². The van der Waals surface area contributed by atoms with Gasteiger partial charge in [0.05, 0.1) is 12.8 Å². The predicted octanol–water partition coefficient (Wildman–Crippen LogP) is 3.81. The van der Waals surface area contributed by atoms with Crippen LogP contribution in [0.4, 0.5) is 19.3 Å². The van der Waals surface area contributed by atoms with E-state index in [-0.39, 0.29) is 11.4 Å². The first kappa shape index (κ1) is 14.9. The fourth-order valence-corrected chi connectivity index (χ4v) is 1.57. The number of allylic oxidation sites excluding steroid dienone is 1. The van der Waals surface area contributed by atoms with Crippen LogP contribution in [0.2, 0.25) is 0 Å². The first-order valence-corrected chi connectivity index (χ1v) is 5.55. The number of methoxy groups -OCH3 is 1. The van der Waals surface area contributed by atoms with E-state index in [9.17, 15) is 13.6 Å². The van der Waals surface area contributed by atoms with E-state index >= 15 is 0 Å². The van der Waals surface area contributed by atoms with Gasteiger partial charge in [-0.3, -0.25) is 5.32 Å². The van der Waals surface area contributed by atoms with E-state index in [0.29, 0.717) is 5.56 Å². The molecule has 1 aromatic carbocycles. The molecule has 1 aromatic rings. The van der Waals surface area contributed by atoms with Crippen molar-refractivity contribution < 1.29 is 23.0 Å². The SMILES string of the molecule is C/C=C\c1ccc(NC(=O)OC)c(OC(F)F)c1C. The minimum atomic E-state index is -2.97. The third-order valence-corrected chi connectivity index (χ3v) is 2.42. The van der Waals surface area contributed by atoms with Crippen LogP contribution in [0.3, 0.4) is 0 Å². The van der Waals surface area contributed by atoms with Gasteiger partial charge in [-0.25, -0.2) is 4.79 Å². The average Bonchev–Trinajstić information content (AvgIpc) is 2.36. The third-order valence-electron chi connectivity index (χ3n) is 2.42. The normalized spacial score (nSPS) is 10.8. The number of halogens is 2. The van der Waals surface area contributed by atoms with Crippen LogP contribution in [0.25, 0.3) is 6.08 Å². The monoisotopic (exact) mass is 271 g/mol. The summed E-state index contributed by atoms with van der Waals surface area (Å²) in [5.41, 5.74) is 1.37. The van der Waals surface area contributed by atoms with Crippen molar-refractivity contribution >= 4 is 17.9 Å². The van der Waals surface area contributed by atoms with Crippen LogP contribution < -0.4 is 10.1 Å². The molecular weight excluding hydrogens is 256 g/mol. The predicted molar refractivity (Wildman–Crippen MR) is 68.5 cm³/mol. The molecule has 0 heterocycles. The van der Waals surface area contributed by atoms with Crippen molar-refractivity contribution in [2.24, 2.45) is 0 Å². The maximum absolute atomic E-state index is 12.4. The summed E-state index contributed by atoms with van der Waals surface area (Å²) >= 11 is 0. The van der Waals surface area contributed by atoms with Gasteiger partial charge in [-0.05, 0) is 25.5 Å². The summed E-state index contributed by atoms with van der Waals surface area (Å²) in [6.07, 6.45) is 2.79. The molecule has 1 rings (SSSR count). The maximum Gasteiger partial charge on any atom is 0.411 e. The lowest BCUT2D eigenvalue weighted by atomic mass is 10.1. The van der Waals surface area contributed by atoms with Crippen molar-refractivity contribution in [3.05, 3.63) is 29.3 Å². The van der Waals surface area contributed by atoms with Crippen molar-refractivity contribution in [2.45, 2.75) is 20.5 Å². The molecule has 0 saturated carbocycles. The van der Waals surface area contributed by atoms with E-state index in [4.69, 9.17) is 0 Å². The third kappa shape index (κ3) is 3.94. The number of alkyl halides is 2. The summed E-state index contributed by atoms with van der Waals surface area (Å²) in [6.45, 7) is 0.473. The van der Waals surface area contributed by atoms with Gasteiger partial charge in [0.15, 0.2) is 5.75 Å². The molecule has 0 spiro atoms. The summed E-state index contributed by atoms with van der Waals surface area (Å²) in [5.74, 6) is -0.0731. The van der Waals surface area contributed by atoms with Gasteiger partial charge < -0.3 is 9.47 Å². The van der Waals surface area contributed by atoms with Crippen molar-refractivity contribution in [1.29, 1.82) is 0 Å². The molecule has 0 fully saturated rings. The number of benzene rings is 1. The topological polar surface area (TPSA) is 47.6 Å². The molecule has 0 unspecified atom stereocenters. The molecule has 0 saturated heterocycles. The molecule has 0 aliphatic rings. The minimum Gasteiger partial charge on any atom is -0.453 e. The highest BCUT2D eigenvalue weighted by Gasteiger charge is 2.16. The number of nitrogens with one attached hydrogen (secondary N) is 1. The number of hydrogen-bond acceptors (Lipinski definition) is 3. The summed E-state index contributed by atoms with van der Waals surface area (Å²) in [7, 11) is 1.18. The summed E-state index contributed by atoms with van der Waals surface area (Å²) in [6, 6.07) is 3.18. The number of hydrogen-bond donors (Lipinski definition) is 1. The highest BCUT2D eigenvalue weighted by molar-refractivity contribution is 5.87. The minimum absolute atomic E-state index is 0.0731. The van der Waals surface area contributed by atoms with E-state index in [1.165, 1.54) is 13.2 Å². The molecule has 0 aromatic heterocycles. The quantitative estimate of drug-likeness (QED) is 0.905. The summed E-state index contributed by atoms with van der Waals surface area (Å²) in [5, 5.41) is 2.33. The lowest BCUT2D eigenvalue weighted by Crippen LogP contribution is -2.14. The second-order valence-corrected chi connectivity index (χ2v) is 3.65. The van der Waals surface area contributed by atoms with Crippen molar-refractivity contribution in [3.8, 4) is 5.75 Å². The van der Waals surface area contributed by atoms with Crippen LogP contribution in [0, 0.1) is 6.92 Å². The number of rotatable bonds is 4. The van der Waals surface area contributed by atoms with Crippen LogP contribution in [-0.2, 0) is 4.74 Å². The second-order valence-electron chi connectivity index (χ2n) is 3.65. The molecule has 19 heavy (non-hydrogen) atoms. The molecule has 0 atom stereocenters. The van der Waals surface area contributed by atoms with Crippen LogP contribution in [-0.4, -0.2) is 19.8 Å². The molecule has 0 aliphatic carbocycles. The van der Waals surface area contributed by atoms with E-state index in [1.54, 1.807) is 25.1 Å². The Hall–Kier alpha value is -2.11. The molecule has 1 N–H and O–H groups in total. The number of ether oxygens (including phenoxy) is 2. The van der Waals surface area contributed by atoms with Crippen LogP contribution in [0.15, 0.2) is 18.2 Å². The smallest absolute Gasteiger partial charge is 0.411 e. The fraction of sp³-hybridized carbons (Fsp3) is 0.308. The largest absolute Gasteiger partial charge is 0.453 e. The number of carbonyl (C=O) groups excluding carboxylic acids is 1. The zero-order valence-corrected chi connectivity index (χ0v) is 10.9. The Bertz CT molecular complexity index is 487. The molecule has 0 bridgehead atoms. The van der Waals surface area contributed by atoms with E-state index in [1.807, 2.05) is 6.92 Å². The highest BCUT2D eigenvalue weighted by Crippen LogP contribution is 2.33. The zero-order valence-electron chi connectivity index (χ0n) is 10.9. The Morgan fingerprint density at radius 3 is 2.63 bits per heavy atom. The van der Waals surface area contributed by atoms with Gasteiger partial charge >= 0.3 is 12.7 Å². The Kier molecular flexibility index (Phi) is 5.29. The average molecular weight is 271 g/mol. The molecule has 6 heteroatoms. The number of carbonyl (C=O) groups is 1. The Morgan fingerprint density at radius 2 is 2.11 bits per heavy atom. The van der Waals surface area contributed by atoms with Crippen molar-refractivity contribution in [3.63, 3.8) is 0 Å². The van der Waals surface area contributed by atoms with Gasteiger partial charge in [0.2, 0.25) is 0 Å². The number of amides is 1. The molecule has 1 amide bonds. The summed E-state index contributed by atoms with van der Waals surface area (Å²) < 4.78 is 33.8.